The van der Waals surface area contributed by atoms with E-state index in [4.69, 9.17) is 18.9 Å². The molecule has 322 valence electrons. The molecule has 2 heterocycles. The molecule has 14 heteroatoms. The molecule has 9 N–H and O–H groups in total. The van der Waals surface area contributed by atoms with Crippen LogP contribution in [0, 0.1) is 45.3 Å². The fraction of sp³-hybridized carbons (Fsp3) is 0.929. The summed E-state index contributed by atoms with van der Waals surface area (Å²) < 4.78 is 23.5. The zero-order valence-electron chi connectivity index (χ0n) is 34.5. The Hall–Kier alpha value is -1.11. The van der Waals surface area contributed by atoms with E-state index in [0.717, 1.165) is 31.3 Å². The lowest BCUT2D eigenvalue weighted by Crippen LogP contribution is -2.64. The lowest BCUT2D eigenvalue weighted by molar-refractivity contribution is -0.340. The molecule has 19 atom stereocenters. The highest BCUT2D eigenvalue weighted by molar-refractivity contribution is 5.88. The number of carbonyl (C=O) groups is 1. The number of rotatable bonds is 11. The van der Waals surface area contributed by atoms with Crippen LogP contribution in [0.2, 0.25) is 0 Å². The predicted molar refractivity (Wildman–Crippen MR) is 201 cm³/mol. The van der Waals surface area contributed by atoms with Gasteiger partial charge in [0.05, 0.1) is 31.0 Å². The monoisotopic (exact) mass is 798 g/mol. The van der Waals surface area contributed by atoms with Gasteiger partial charge in [-0.1, -0.05) is 53.2 Å². The maximum atomic E-state index is 14.8. The van der Waals surface area contributed by atoms with Crippen LogP contribution in [0.3, 0.4) is 0 Å². The number of aliphatic hydroxyl groups excluding tert-OH is 8. The van der Waals surface area contributed by atoms with Crippen LogP contribution < -0.4 is 0 Å². The van der Waals surface area contributed by atoms with E-state index in [9.17, 15) is 50.8 Å². The smallest absolute Gasteiger partial charge is 0.187 e. The summed E-state index contributed by atoms with van der Waals surface area (Å²) in [5, 5.41) is 93.8. The largest absolute Gasteiger partial charge is 0.394 e. The van der Waals surface area contributed by atoms with Crippen LogP contribution in [0.1, 0.15) is 107 Å². The van der Waals surface area contributed by atoms with Crippen molar-refractivity contribution >= 4 is 5.78 Å². The van der Waals surface area contributed by atoms with Gasteiger partial charge in [0.25, 0.3) is 0 Å². The minimum absolute atomic E-state index is 0.00678. The van der Waals surface area contributed by atoms with E-state index >= 15 is 0 Å². The van der Waals surface area contributed by atoms with E-state index in [-0.39, 0.29) is 28.6 Å². The highest BCUT2D eigenvalue weighted by Crippen LogP contribution is 2.74. The normalized spacial score (nSPS) is 49.0. The average Bonchev–Trinajstić information content (AvgIpc) is 3.40. The Morgan fingerprint density at radius 1 is 0.839 bits per heavy atom. The molecular formula is C42H70O14. The summed E-state index contributed by atoms with van der Waals surface area (Å²) in [5.41, 5.74) is -1.46. The van der Waals surface area contributed by atoms with Gasteiger partial charge in [-0.05, 0) is 93.3 Å². The number of allylic oxidation sites excluding steroid dienone is 1. The molecule has 3 saturated carbocycles. The van der Waals surface area contributed by atoms with Crippen molar-refractivity contribution in [3.8, 4) is 0 Å². The summed E-state index contributed by atoms with van der Waals surface area (Å²) in [7, 11) is 0. The van der Waals surface area contributed by atoms with Crippen LogP contribution in [0.25, 0.3) is 0 Å². The fourth-order valence-electron chi connectivity index (χ4n) is 12.3. The fourth-order valence-corrected chi connectivity index (χ4v) is 12.3. The van der Waals surface area contributed by atoms with E-state index < -0.39 is 103 Å². The van der Waals surface area contributed by atoms with Gasteiger partial charge in [-0.3, -0.25) is 4.79 Å². The number of ether oxygens (including phenoxy) is 4. The van der Waals surface area contributed by atoms with Crippen molar-refractivity contribution in [3.05, 3.63) is 11.6 Å². The molecule has 0 bridgehead atoms. The van der Waals surface area contributed by atoms with Gasteiger partial charge < -0.3 is 64.9 Å². The van der Waals surface area contributed by atoms with Crippen molar-refractivity contribution in [1.82, 2.24) is 0 Å². The highest BCUT2D eigenvalue weighted by atomic mass is 16.7. The third-order valence-electron chi connectivity index (χ3n) is 16.3. The number of carbonyl (C=O) groups excluding carboxylic acids is 1. The summed E-state index contributed by atoms with van der Waals surface area (Å²) in [4.78, 5) is 14.8. The van der Waals surface area contributed by atoms with Crippen LogP contribution >= 0.6 is 0 Å². The van der Waals surface area contributed by atoms with E-state index in [1.165, 1.54) is 0 Å². The third kappa shape index (κ3) is 7.17. The molecule has 5 fully saturated rings. The SMILES string of the molecule is C[C@H](CC[C@@H](O)C(C)(C)O)[C@H]1CC[C@@]2(C)[C@H]3CC=C4[C@@H](CC[C@H](O[C@@H]5O[C@H](CO[C@@H]6O[C@H](CO)[C@@H](O)[C@H](O)[C@H]6O)[C@@H](O)[C@H](O)[C@H]5O)C4(C)C)[C@]3(C)C(=O)C[C@]12C. The second-order valence-corrected chi connectivity index (χ2v) is 20.1. The second kappa shape index (κ2) is 15.7. The molecule has 2 aliphatic heterocycles. The molecule has 4 aliphatic carbocycles. The number of hydrogen-bond acceptors (Lipinski definition) is 14. The van der Waals surface area contributed by atoms with E-state index in [1.54, 1.807) is 13.8 Å². The molecule has 0 aromatic carbocycles. The van der Waals surface area contributed by atoms with Gasteiger partial charge in [0, 0.05) is 17.3 Å². The minimum atomic E-state index is -1.67. The first kappa shape index (κ1) is 44.4. The van der Waals surface area contributed by atoms with Crippen molar-refractivity contribution in [2.75, 3.05) is 13.2 Å². The van der Waals surface area contributed by atoms with E-state index in [1.807, 2.05) is 0 Å². The zero-order chi connectivity index (χ0) is 41.5. The van der Waals surface area contributed by atoms with E-state index in [0.29, 0.717) is 37.4 Å². The molecule has 0 aromatic rings. The number of aliphatic hydroxyl groups is 9. The molecule has 6 rings (SSSR count). The Balaban J connectivity index is 1.16. The first-order valence-corrected chi connectivity index (χ1v) is 20.9. The molecule has 2 saturated heterocycles. The van der Waals surface area contributed by atoms with Crippen molar-refractivity contribution in [1.29, 1.82) is 0 Å². The minimum Gasteiger partial charge on any atom is -0.394 e. The second-order valence-electron chi connectivity index (χ2n) is 20.1. The van der Waals surface area contributed by atoms with Crippen molar-refractivity contribution in [2.24, 2.45) is 45.3 Å². The van der Waals surface area contributed by atoms with Crippen LogP contribution in [0.4, 0.5) is 0 Å². The number of hydrogen-bond donors (Lipinski definition) is 9. The van der Waals surface area contributed by atoms with Crippen molar-refractivity contribution in [3.63, 3.8) is 0 Å². The van der Waals surface area contributed by atoms with Gasteiger partial charge in [0.15, 0.2) is 12.6 Å². The summed E-state index contributed by atoms with van der Waals surface area (Å²) >= 11 is 0. The zero-order valence-corrected chi connectivity index (χ0v) is 34.5. The van der Waals surface area contributed by atoms with Gasteiger partial charge >= 0.3 is 0 Å². The third-order valence-corrected chi connectivity index (χ3v) is 16.3. The van der Waals surface area contributed by atoms with Crippen molar-refractivity contribution < 1.29 is 69.7 Å². The Labute approximate surface area is 331 Å². The first-order chi connectivity index (χ1) is 25.9. The van der Waals surface area contributed by atoms with Crippen LogP contribution in [0.5, 0.6) is 0 Å². The Bertz CT molecular complexity index is 1450. The summed E-state index contributed by atoms with van der Waals surface area (Å²) in [6, 6.07) is 0. The molecule has 0 aromatic heterocycles. The number of fused-ring (bicyclic) bond motifs is 5. The lowest BCUT2D eigenvalue weighted by Gasteiger charge is -2.65. The Morgan fingerprint density at radius 3 is 2.07 bits per heavy atom. The van der Waals surface area contributed by atoms with Crippen LogP contribution in [-0.2, 0) is 23.7 Å². The van der Waals surface area contributed by atoms with Gasteiger partial charge in [0.1, 0.15) is 54.6 Å². The summed E-state index contributed by atoms with van der Waals surface area (Å²) in [5.74, 6) is 1.05. The van der Waals surface area contributed by atoms with Crippen LogP contribution in [0.15, 0.2) is 11.6 Å². The standard InChI is InChI=1S/C42H70O14/c1-20(9-13-27(44)39(4,5)52)21-15-16-40(6)26-12-10-22-23(42(26,8)28(45)17-41(21,40)7)11-14-29(38(22,2)3)56-37-35(51)33(49)31(47)25(55-37)19-53-36-34(50)32(48)30(46)24(18-43)54-36/h10,20-21,23-27,29-37,43-44,46-52H,9,11-19H2,1-8H3/t20-,21-,23-,24-,25-,26-,27-,29+,30-,31-,32+,33+,34-,35-,36-,37+,40+,41-,42+/m1/s1. The molecule has 0 spiro atoms. The molecular weight excluding hydrogens is 728 g/mol. The van der Waals surface area contributed by atoms with Gasteiger partial charge in [0.2, 0.25) is 0 Å². The average molecular weight is 799 g/mol. The molecule has 56 heavy (non-hydrogen) atoms. The van der Waals surface area contributed by atoms with E-state index in [2.05, 4.69) is 47.6 Å². The molecule has 0 unspecified atom stereocenters. The number of ketones is 1. The number of Topliss-reactive ketones (excluding diaryl/α,β-unsaturated/α-hetero) is 1. The Kier molecular flexibility index (Phi) is 12.5. The quantitative estimate of drug-likeness (QED) is 0.134. The van der Waals surface area contributed by atoms with Gasteiger partial charge in [-0.2, -0.15) is 0 Å². The predicted octanol–water partition coefficient (Wildman–Crippen LogP) is 1.33. The highest BCUT2D eigenvalue weighted by Gasteiger charge is 2.70. The molecule has 6 aliphatic rings. The van der Waals surface area contributed by atoms with Gasteiger partial charge in [-0.15, -0.1) is 0 Å². The molecule has 14 nitrogen and oxygen atoms in total. The summed E-state index contributed by atoms with van der Waals surface area (Å²) in [6.07, 6.45) is -8.20. The lowest BCUT2D eigenvalue weighted by atomic mass is 9.38. The topological polar surface area (TPSA) is 236 Å². The molecule has 0 amide bonds. The molecule has 0 radical (unpaired) electrons. The Morgan fingerprint density at radius 2 is 1.45 bits per heavy atom. The maximum Gasteiger partial charge on any atom is 0.187 e. The summed E-state index contributed by atoms with van der Waals surface area (Å²) in [6.45, 7) is 15.5. The maximum absolute atomic E-state index is 14.8. The first-order valence-electron chi connectivity index (χ1n) is 20.9. The van der Waals surface area contributed by atoms with Gasteiger partial charge in [-0.25, -0.2) is 0 Å². The van der Waals surface area contributed by atoms with Crippen molar-refractivity contribution in [2.45, 2.75) is 186 Å². The van der Waals surface area contributed by atoms with Crippen LogP contribution in [-0.4, -0.2) is 144 Å².